The SMILES string of the molecule is CCN(C(=O)c1ccc2nc(N)c3cncn3c2c1)C1CCc2nc(C(F)(F)F)ccc21. The number of carbonyl (C=O) groups excluding carboxylic acids is 1. The molecule has 32 heavy (non-hydrogen) atoms. The highest BCUT2D eigenvalue weighted by Gasteiger charge is 2.36. The standard InChI is InChI=1S/C22H19F3N6O/c1-2-30(16-7-6-14-13(16)4-8-19(28-14)22(23,24)25)21(32)12-3-5-15-17(9-12)31-11-27-10-18(31)20(26)29-15/h3-5,8-11,16H,2,6-7H2,1H3,(H2,26,29). The average molecular weight is 440 g/mol. The van der Waals surface area contributed by atoms with Crippen molar-refractivity contribution in [1.82, 2.24) is 24.3 Å². The molecule has 1 aromatic carbocycles. The lowest BCUT2D eigenvalue weighted by Crippen LogP contribution is -2.34. The fourth-order valence-electron chi connectivity index (χ4n) is 4.41. The van der Waals surface area contributed by atoms with E-state index < -0.39 is 11.9 Å². The second-order valence-electron chi connectivity index (χ2n) is 7.73. The van der Waals surface area contributed by atoms with Crippen molar-refractivity contribution in [2.45, 2.75) is 32.0 Å². The zero-order valence-electron chi connectivity index (χ0n) is 17.1. The minimum Gasteiger partial charge on any atom is -0.382 e. The summed E-state index contributed by atoms with van der Waals surface area (Å²) in [4.78, 5) is 27.4. The third-order valence-corrected chi connectivity index (χ3v) is 5.91. The van der Waals surface area contributed by atoms with Gasteiger partial charge in [-0.15, -0.1) is 0 Å². The number of fused-ring (bicyclic) bond motifs is 4. The van der Waals surface area contributed by atoms with Crippen LogP contribution in [0.3, 0.4) is 0 Å². The Morgan fingerprint density at radius 1 is 1.22 bits per heavy atom. The Kier molecular flexibility index (Phi) is 4.54. The lowest BCUT2D eigenvalue weighted by atomic mass is 10.1. The van der Waals surface area contributed by atoms with Crippen LogP contribution < -0.4 is 5.73 Å². The summed E-state index contributed by atoms with van der Waals surface area (Å²) in [5, 5.41) is 0. The number of aromatic nitrogens is 4. The van der Waals surface area contributed by atoms with E-state index in [1.54, 1.807) is 40.0 Å². The summed E-state index contributed by atoms with van der Waals surface area (Å²) in [5.74, 6) is 0.134. The molecule has 5 rings (SSSR count). The number of anilines is 1. The highest BCUT2D eigenvalue weighted by molar-refractivity contribution is 5.98. The molecule has 1 atom stereocenters. The molecule has 0 aliphatic heterocycles. The van der Waals surface area contributed by atoms with Gasteiger partial charge in [0.05, 0.1) is 29.6 Å². The normalized spacial score (nSPS) is 15.9. The predicted molar refractivity (Wildman–Crippen MR) is 112 cm³/mol. The van der Waals surface area contributed by atoms with Crippen molar-refractivity contribution < 1.29 is 18.0 Å². The van der Waals surface area contributed by atoms with E-state index in [9.17, 15) is 18.0 Å². The Hall–Kier alpha value is -3.69. The molecule has 0 saturated carbocycles. The van der Waals surface area contributed by atoms with Crippen LogP contribution in [0, 0.1) is 0 Å². The molecule has 1 aliphatic carbocycles. The number of hydrogen-bond donors (Lipinski definition) is 1. The molecule has 3 heterocycles. The van der Waals surface area contributed by atoms with Crippen LogP contribution >= 0.6 is 0 Å². The van der Waals surface area contributed by atoms with Crippen LogP contribution in [0.15, 0.2) is 42.9 Å². The van der Waals surface area contributed by atoms with E-state index >= 15 is 0 Å². The third kappa shape index (κ3) is 3.14. The van der Waals surface area contributed by atoms with Gasteiger partial charge in [-0.1, -0.05) is 6.07 Å². The second kappa shape index (κ2) is 7.18. The smallest absolute Gasteiger partial charge is 0.382 e. The summed E-state index contributed by atoms with van der Waals surface area (Å²) in [6.07, 6.45) is -0.357. The van der Waals surface area contributed by atoms with Gasteiger partial charge in [0, 0.05) is 17.8 Å². The van der Waals surface area contributed by atoms with E-state index in [2.05, 4.69) is 15.0 Å². The van der Waals surface area contributed by atoms with E-state index in [1.165, 1.54) is 6.07 Å². The Morgan fingerprint density at radius 2 is 2.03 bits per heavy atom. The van der Waals surface area contributed by atoms with Crippen molar-refractivity contribution in [3.05, 3.63) is 65.4 Å². The minimum atomic E-state index is -4.49. The first-order valence-corrected chi connectivity index (χ1v) is 10.2. The maximum atomic E-state index is 13.4. The fraction of sp³-hybridized carbons (Fsp3) is 0.273. The van der Waals surface area contributed by atoms with Gasteiger partial charge < -0.3 is 10.6 Å². The first-order chi connectivity index (χ1) is 15.3. The van der Waals surface area contributed by atoms with Crippen LogP contribution in [0.2, 0.25) is 0 Å². The molecular formula is C22H19F3N6O. The maximum Gasteiger partial charge on any atom is 0.433 e. The van der Waals surface area contributed by atoms with Gasteiger partial charge in [0.2, 0.25) is 0 Å². The van der Waals surface area contributed by atoms with Gasteiger partial charge in [-0.2, -0.15) is 13.2 Å². The van der Waals surface area contributed by atoms with Gasteiger partial charge in [-0.3, -0.25) is 9.20 Å². The molecule has 0 bridgehead atoms. The van der Waals surface area contributed by atoms with Gasteiger partial charge in [0.15, 0.2) is 0 Å². The van der Waals surface area contributed by atoms with Crippen LogP contribution in [0.5, 0.6) is 0 Å². The van der Waals surface area contributed by atoms with Gasteiger partial charge in [0.1, 0.15) is 17.0 Å². The molecular weight excluding hydrogens is 421 g/mol. The largest absolute Gasteiger partial charge is 0.433 e. The number of nitrogens with two attached hydrogens (primary N) is 1. The number of nitrogens with zero attached hydrogens (tertiary/aromatic N) is 5. The molecule has 0 fully saturated rings. The molecule has 1 amide bonds. The highest BCUT2D eigenvalue weighted by atomic mass is 19.4. The first kappa shape index (κ1) is 20.2. The summed E-state index contributed by atoms with van der Waals surface area (Å²) < 4.78 is 40.8. The number of amides is 1. The predicted octanol–water partition coefficient (Wildman–Crippen LogP) is 4.03. The van der Waals surface area contributed by atoms with Gasteiger partial charge in [0.25, 0.3) is 5.91 Å². The molecule has 2 N–H and O–H groups in total. The fourth-order valence-corrected chi connectivity index (χ4v) is 4.41. The number of pyridine rings is 1. The van der Waals surface area contributed by atoms with Crippen molar-refractivity contribution in [1.29, 1.82) is 0 Å². The quantitative estimate of drug-likeness (QED) is 0.520. The lowest BCUT2D eigenvalue weighted by molar-refractivity contribution is -0.141. The first-order valence-electron chi connectivity index (χ1n) is 10.2. The Bertz CT molecular complexity index is 1360. The molecule has 0 radical (unpaired) electrons. The van der Waals surface area contributed by atoms with Crippen molar-refractivity contribution >= 4 is 28.3 Å². The Labute approximate surface area is 180 Å². The van der Waals surface area contributed by atoms with Crippen LogP contribution in [0.4, 0.5) is 19.0 Å². The van der Waals surface area contributed by atoms with E-state index in [0.29, 0.717) is 58.6 Å². The van der Waals surface area contributed by atoms with E-state index in [-0.39, 0.29) is 11.9 Å². The van der Waals surface area contributed by atoms with Crippen LogP contribution in [-0.4, -0.2) is 36.7 Å². The van der Waals surface area contributed by atoms with E-state index in [0.717, 1.165) is 6.07 Å². The van der Waals surface area contributed by atoms with Crippen molar-refractivity contribution in [2.24, 2.45) is 0 Å². The number of rotatable bonds is 3. The molecule has 1 unspecified atom stereocenters. The number of nitrogen functional groups attached to an aromatic ring is 1. The molecule has 164 valence electrons. The molecule has 3 aromatic heterocycles. The molecule has 0 spiro atoms. The number of imidazole rings is 1. The Balaban J connectivity index is 1.52. The summed E-state index contributed by atoms with van der Waals surface area (Å²) >= 11 is 0. The van der Waals surface area contributed by atoms with E-state index in [1.807, 2.05) is 6.92 Å². The van der Waals surface area contributed by atoms with Crippen molar-refractivity contribution in [2.75, 3.05) is 12.3 Å². The zero-order chi connectivity index (χ0) is 22.6. The van der Waals surface area contributed by atoms with Gasteiger partial charge >= 0.3 is 6.18 Å². The van der Waals surface area contributed by atoms with Crippen LogP contribution in [0.1, 0.15) is 46.7 Å². The summed E-state index contributed by atoms with van der Waals surface area (Å²) in [7, 11) is 0. The van der Waals surface area contributed by atoms with Crippen molar-refractivity contribution in [3.8, 4) is 0 Å². The highest BCUT2D eigenvalue weighted by Crippen LogP contribution is 2.38. The number of carbonyl (C=O) groups is 1. The molecule has 1 aliphatic rings. The number of aryl methyl sites for hydroxylation is 1. The zero-order valence-corrected chi connectivity index (χ0v) is 17.1. The number of benzene rings is 1. The maximum absolute atomic E-state index is 13.4. The van der Waals surface area contributed by atoms with Gasteiger partial charge in [-0.05, 0) is 49.6 Å². The van der Waals surface area contributed by atoms with Crippen LogP contribution in [-0.2, 0) is 12.6 Å². The number of hydrogen-bond acceptors (Lipinski definition) is 5. The molecule has 0 saturated heterocycles. The summed E-state index contributed by atoms with van der Waals surface area (Å²) in [6, 6.07) is 7.25. The number of halogens is 3. The lowest BCUT2D eigenvalue weighted by Gasteiger charge is -2.28. The topological polar surface area (TPSA) is 89.4 Å². The molecule has 4 aromatic rings. The molecule has 7 nitrogen and oxygen atoms in total. The second-order valence-corrected chi connectivity index (χ2v) is 7.73. The van der Waals surface area contributed by atoms with Gasteiger partial charge in [-0.25, -0.2) is 15.0 Å². The Morgan fingerprint density at radius 3 is 2.78 bits per heavy atom. The van der Waals surface area contributed by atoms with Crippen molar-refractivity contribution in [3.63, 3.8) is 0 Å². The number of alkyl halides is 3. The monoisotopic (exact) mass is 440 g/mol. The summed E-state index contributed by atoms with van der Waals surface area (Å²) in [6.45, 7) is 2.26. The third-order valence-electron chi connectivity index (χ3n) is 5.91. The van der Waals surface area contributed by atoms with Crippen LogP contribution in [0.25, 0.3) is 16.6 Å². The minimum absolute atomic E-state index is 0.211. The summed E-state index contributed by atoms with van der Waals surface area (Å²) in [5.41, 5.74) is 8.55. The van der Waals surface area contributed by atoms with E-state index in [4.69, 9.17) is 5.73 Å². The molecule has 10 heteroatoms. The average Bonchev–Trinajstić information content (AvgIpc) is 3.41.